The summed E-state index contributed by atoms with van der Waals surface area (Å²) in [5, 5.41) is 0. The fourth-order valence-corrected chi connectivity index (χ4v) is 3.03. The van der Waals surface area contributed by atoms with Crippen molar-refractivity contribution >= 4 is 11.8 Å². The number of carbonyl (C=O) groups is 2. The molecule has 1 fully saturated rings. The van der Waals surface area contributed by atoms with Crippen LogP contribution in [0.3, 0.4) is 0 Å². The van der Waals surface area contributed by atoms with Gasteiger partial charge in [-0.2, -0.15) is 0 Å². The highest BCUT2D eigenvalue weighted by Gasteiger charge is 2.29. The number of benzene rings is 1. The van der Waals surface area contributed by atoms with Gasteiger partial charge in [-0.1, -0.05) is 13.8 Å². The highest BCUT2D eigenvalue weighted by molar-refractivity contribution is 5.92. The number of hydrogen-bond donors (Lipinski definition) is 1. The van der Waals surface area contributed by atoms with Gasteiger partial charge in [0.15, 0.2) is 6.61 Å². The standard InChI is InChI=1S/C18H27N3O3/c1-13(2)10-15-11-20(3)8-9-21(15)17(22)12-24-16-6-4-14(5-7-16)18(19)23/h4-7,13,15H,8-12H2,1-3H3,(H2,19,23). The first-order valence-corrected chi connectivity index (χ1v) is 8.37. The summed E-state index contributed by atoms with van der Waals surface area (Å²) in [6.07, 6.45) is 0.989. The van der Waals surface area contributed by atoms with Gasteiger partial charge in [-0.3, -0.25) is 9.59 Å². The zero-order chi connectivity index (χ0) is 17.7. The Morgan fingerprint density at radius 2 is 1.92 bits per heavy atom. The molecule has 1 unspecified atom stereocenters. The van der Waals surface area contributed by atoms with Gasteiger partial charge in [-0.15, -0.1) is 0 Å². The molecule has 2 N–H and O–H groups in total. The van der Waals surface area contributed by atoms with Crippen LogP contribution in [0.25, 0.3) is 0 Å². The maximum absolute atomic E-state index is 12.6. The summed E-state index contributed by atoms with van der Waals surface area (Å²) < 4.78 is 5.58. The minimum atomic E-state index is -0.480. The number of carbonyl (C=O) groups excluding carboxylic acids is 2. The molecule has 0 radical (unpaired) electrons. The van der Waals surface area contributed by atoms with Gasteiger partial charge in [-0.05, 0) is 43.7 Å². The molecule has 1 heterocycles. The van der Waals surface area contributed by atoms with Crippen LogP contribution < -0.4 is 10.5 Å². The first-order valence-electron chi connectivity index (χ1n) is 8.37. The Bertz CT molecular complexity index is 569. The molecule has 1 aliphatic rings. The number of nitrogens with zero attached hydrogens (tertiary/aromatic N) is 2. The maximum atomic E-state index is 12.6. The summed E-state index contributed by atoms with van der Waals surface area (Å²) >= 11 is 0. The van der Waals surface area contributed by atoms with Gasteiger partial charge in [0.25, 0.3) is 5.91 Å². The number of rotatable bonds is 6. The van der Waals surface area contributed by atoms with Crippen LogP contribution in [0.4, 0.5) is 0 Å². The molecule has 1 aromatic carbocycles. The van der Waals surface area contributed by atoms with Crippen LogP contribution in [0.5, 0.6) is 5.75 Å². The second-order valence-corrected chi connectivity index (χ2v) is 6.81. The predicted octanol–water partition coefficient (Wildman–Crippen LogP) is 1.35. The van der Waals surface area contributed by atoms with Gasteiger partial charge < -0.3 is 20.3 Å². The van der Waals surface area contributed by atoms with E-state index in [0.717, 1.165) is 26.1 Å². The summed E-state index contributed by atoms with van der Waals surface area (Å²) in [5.41, 5.74) is 5.63. The lowest BCUT2D eigenvalue weighted by atomic mass is 10.00. The number of likely N-dealkylation sites (N-methyl/N-ethyl adjacent to an activating group) is 1. The maximum Gasteiger partial charge on any atom is 0.260 e. The van der Waals surface area contributed by atoms with Crippen LogP contribution in [-0.2, 0) is 4.79 Å². The first-order chi connectivity index (χ1) is 11.4. The fourth-order valence-electron chi connectivity index (χ4n) is 3.03. The molecule has 132 valence electrons. The van der Waals surface area contributed by atoms with Crippen molar-refractivity contribution in [2.24, 2.45) is 11.7 Å². The van der Waals surface area contributed by atoms with E-state index >= 15 is 0 Å². The predicted molar refractivity (Wildman–Crippen MR) is 92.9 cm³/mol. The Kier molecular flexibility index (Phi) is 6.20. The molecule has 6 heteroatoms. The summed E-state index contributed by atoms with van der Waals surface area (Å²) in [6.45, 7) is 6.87. The quantitative estimate of drug-likeness (QED) is 0.853. The number of piperazine rings is 1. The van der Waals surface area contributed by atoms with E-state index < -0.39 is 5.91 Å². The third-order valence-electron chi connectivity index (χ3n) is 4.25. The Labute approximate surface area is 143 Å². The first kappa shape index (κ1) is 18.3. The molecule has 24 heavy (non-hydrogen) atoms. The van der Waals surface area contributed by atoms with Crippen molar-refractivity contribution in [3.8, 4) is 5.75 Å². The van der Waals surface area contributed by atoms with E-state index in [1.807, 2.05) is 4.90 Å². The van der Waals surface area contributed by atoms with Crippen molar-refractivity contribution in [1.82, 2.24) is 9.80 Å². The smallest absolute Gasteiger partial charge is 0.260 e. The Morgan fingerprint density at radius 1 is 1.25 bits per heavy atom. The lowest BCUT2D eigenvalue weighted by Gasteiger charge is -2.40. The van der Waals surface area contributed by atoms with Crippen molar-refractivity contribution in [3.05, 3.63) is 29.8 Å². The second-order valence-electron chi connectivity index (χ2n) is 6.81. The van der Waals surface area contributed by atoms with Gasteiger partial charge >= 0.3 is 0 Å². The van der Waals surface area contributed by atoms with E-state index in [2.05, 4.69) is 25.8 Å². The molecule has 0 saturated carbocycles. The largest absolute Gasteiger partial charge is 0.484 e. The zero-order valence-corrected chi connectivity index (χ0v) is 14.7. The van der Waals surface area contributed by atoms with Gasteiger partial charge in [0.1, 0.15) is 5.75 Å². The normalized spacial score (nSPS) is 18.7. The van der Waals surface area contributed by atoms with Crippen molar-refractivity contribution < 1.29 is 14.3 Å². The molecule has 6 nitrogen and oxygen atoms in total. The summed E-state index contributed by atoms with van der Waals surface area (Å²) in [6, 6.07) is 6.74. The molecule has 1 atom stereocenters. The van der Waals surface area contributed by atoms with E-state index in [9.17, 15) is 9.59 Å². The van der Waals surface area contributed by atoms with Gasteiger partial charge in [0, 0.05) is 31.2 Å². The van der Waals surface area contributed by atoms with Crippen LogP contribution in [0, 0.1) is 5.92 Å². The molecule has 0 aromatic heterocycles. The molecular formula is C18H27N3O3. The highest BCUT2D eigenvalue weighted by Crippen LogP contribution is 2.18. The van der Waals surface area contributed by atoms with Crippen LogP contribution in [0.2, 0.25) is 0 Å². The number of amides is 2. The van der Waals surface area contributed by atoms with E-state index in [0.29, 0.717) is 17.2 Å². The van der Waals surface area contributed by atoms with Crippen molar-refractivity contribution in [2.75, 3.05) is 33.3 Å². The Balaban J connectivity index is 1.93. The second kappa shape index (κ2) is 8.15. The number of ether oxygens (including phenoxy) is 1. The highest BCUT2D eigenvalue weighted by atomic mass is 16.5. The van der Waals surface area contributed by atoms with E-state index in [1.54, 1.807) is 24.3 Å². The van der Waals surface area contributed by atoms with Gasteiger partial charge in [-0.25, -0.2) is 0 Å². The zero-order valence-electron chi connectivity index (χ0n) is 14.7. The molecule has 2 amide bonds. The average Bonchev–Trinajstić information content (AvgIpc) is 2.52. The minimum Gasteiger partial charge on any atom is -0.484 e. The SMILES string of the molecule is CC(C)CC1CN(C)CCN1C(=O)COc1ccc(C(N)=O)cc1. The van der Waals surface area contributed by atoms with E-state index in [1.165, 1.54) is 0 Å². The van der Waals surface area contributed by atoms with Crippen LogP contribution in [0.1, 0.15) is 30.6 Å². The van der Waals surface area contributed by atoms with Crippen LogP contribution in [0.15, 0.2) is 24.3 Å². The average molecular weight is 333 g/mol. The van der Waals surface area contributed by atoms with Gasteiger partial charge in [0.2, 0.25) is 5.91 Å². The van der Waals surface area contributed by atoms with Crippen molar-refractivity contribution in [2.45, 2.75) is 26.3 Å². The lowest BCUT2D eigenvalue weighted by molar-refractivity contribution is -0.138. The van der Waals surface area contributed by atoms with E-state index in [4.69, 9.17) is 10.5 Å². The minimum absolute atomic E-state index is 0.00716. The molecule has 0 spiro atoms. The molecule has 1 aliphatic heterocycles. The van der Waals surface area contributed by atoms with Gasteiger partial charge in [0.05, 0.1) is 0 Å². The Hall–Kier alpha value is -2.08. The van der Waals surface area contributed by atoms with Crippen molar-refractivity contribution in [1.29, 1.82) is 0 Å². The Morgan fingerprint density at radius 3 is 2.50 bits per heavy atom. The molecule has 0 bridgehead atoms. The summed E-state index contributed by atoms with van der Waals surface area (Å²) in [4.78, 5) is 27.8. The van der Waals surface area contributed by atoms with E-state index in [-0.39, 0.29) is 18.6 Å². The monoisotopic (exact) mass is 333 g/mol. The van der Waals surface area contributed by atoms with Crippen LogP contribution >= 0.6 is 0 Å². The number of primary amides is 1. The fraction of sp³-hybridized carbons (Fsp3) is 0.556. The molecular weight excluding hydrogens is 306 g/mol. The third kappa shape index (κ3) is 4.96. The summed E-state index contributed by atoms with van der Waals surface area (Å²) in [7, 11) is 2.09. The summed E-state index contributed by atoms with van der Waals surface area (Å²) in [5.74, 6) is 0.626. The topological polar surface area (TPSA) is 75.9 Å². The number of nitrogens with two attached hydrogens (primary N) is 1. The molecule has 1 aromatic rings. The lowest BCUT2D eigenvalue weighted by Crippen LogP contribution is -2.55. The van der Waals surface area contributed by atoms with Crippen LogP contribution in [-0.4, -0.2) is 60.9 Å². The third-order valence-corrected chi connectivity index (χ3v) is 4.25. The van der Waals surface area contributed by atoms with Crippen molar-refractivity contribution in [3.63, 3.8) is 0 Å². The molecule has 2 rings (SSSR count). The molecule has 1 saturated heterocycles. The molecule has 0 aliphatic carbocycles. The number of hydrogen-bond acceptors (Lipinski definition) is 4.